The van der Waals surface area contributed by atoms with Crippen LogP contribution in [-0.4, -0.2) is 37.2 Å². The third-order valence-corrected chi connectivity index (χ3v) is 5.32. The molecule has 3 N–H and O–H groups in total. The molecule has 1 aliphatic rings. The first-order valence-electron chi connectivity index (χ1n) is 10.2. The van der Waals surface area contributed by atoms with Gasteiger partial charge in [0.15, 0.2) is 5.96 Å². The first-order valence-corrected chi connectivity index (χ1v) is 10.2. The number of guanidine groups is 1. The van der Waals surface area contributed by atoms with Gasteiger partial charge in [0.2, 0.25) is 0 Å². The number of carboxylic acids is 1. The van der Waals surface area contributed by atoms with Crippen LogP contribution in [-0.2, 0) is 4.79 Å². The highest BCUT2D eigenvalue weighted by molar-refractivity contribution is 5.95. The summed E-state index contributed by atoms with van der Waals surface area (Å²) < 4.78 is 5.84. The number of anilines is 1. The number of nitrogens with zero attached hydrogens (tertiary/aromatic N) is 1. The van der Waals surface area contributed by atoms with Crippen LogP contribution in [0, 0.1) is 0 Å². The van der Waals surface area contributed by atoms with Crippen molar-refractivity contribution in [2.45, 2.75) is 12.3 Å². The number of nitrogens with one attached hydrogen (secondary N) is 2. The molecule has 0 saturated heterocycles. The first-order chi connectivity index (χ1) is 15.2. The summed E-state index contributed by atoms with van der Waals surface area (Å²) in [7, 11) is 1.63. The van der Waals surface area contributed by atoms with E-state index < -0.39 is 5.97 Å². The molecule has 0 spiro atoms. The quantitative estimate of drug-likeness (QED) is 0.535. The number of hydrogen-bond donors (Lipinski definition) is 3. The average Bonchev–Trinajstić information content (AvgIpc) is 3.30. The molecule has 6 heteroatoms. The van der Waals surface area contributed by atoms with E-state index in [4.69, 9.17) is 4.74 Å². The summed E-state index contributed by atoms with van der Waals surface area (Å²) in [5.74, 6) is 0.291. The number of para-hydroxylation sites is 1. The number of aliphatic carboxylic acids is 1. The summed E-state index contributed by atoms with van der Waals surface area (Å²) in [5.41, 5.74) is 4.61. The summed E-state index contributed by atoms with van der Waals surface area (Å²) in [4.78, 5) is 16.0. The molecule has 0 fully saturated rings. The van der Waals surface area contributed by atoms with Gasteiger partial charge in [-0.05, 0) is 23.3 Å². The van der Waals surface area contributed by atoms with Crippen molar-refractivity contribution in [2.75, 3.05) is 25.5 Å². The minimum atomic E-state index is -0.850. The monoisotopic (exact) mass is 415 g/mol. The van der Waals surface area contributed by atoms with E-state index in [-0.39, 0.29) is 12.3 Å². The second kappa shape index (κ2) is 9.34. The van der Waals surface area contributed by atoms with E-state index in [2.05, 4.69) is 15.6 Å². The number of methoxy groups -OCH3 is 1. The van der Waals surface area contributed by atoms with Gasteiger partial charge in [0.1, 0.15) is 5.75 Å². The van der Waals surface area contributed by atoms with Gasteiger partial charge in [0.05, 0.1) is 20.1 Å². The van der Waals surface area contributed by atoms with Crippen molar-refractivity contribution in [1.29, 1.82) is 0 Å². The first kappa shape index (κ1) is 20.5. The molecule has 1 heterocycles. The fraction of sp³-hybridized carbons (Fsp3) is 0.200. The maximum Gasteiger partial charge on any atom is 0.304 e. The number of carbonyl (C=O) groups is 1. The molecule has 1 aliphatic heterocycles. The molecule has 3 aromatic carbocycles. The molecule has 158 valence electrons. The number of aliphatic imine (C=N–C) groups is 1. The van der Waals surface area contributed by atoms with Crippen molar-refractivity contribution in [1.82, 2.24) is 5.32 Å². The van der Waals surface area contributed by atoms with E-state index in [1.165, 1.54) is 0 Å². The van der Waals surface area contributed by atoms with Crippen molar-refractivity contribution in [3.05, 3.63) is 83.9 Å². The maximum atomic E-state index is 11.7. The molecule has 0 radical (unpaired) electrons. The lowest BCUT2D eigenvalue weighted by molar-refractivity contribution is -0.137. The maximum absolute atomic E-state index is 11.7. The summed E-state index contributed by atoms with van der Waals surface area (Å²) in [6.45, 7) is 1.60. The van der Waals surface area contributed by atoms with E-state index in [0.717, 1.165) is 47.0 Å². The van der Waals surface area contributed by atoms with E-state index in [1.54, 1.807) is 7.11 Å². The normalized spacial score (nSPS) is 13.8. The van der Waals surface area contributed by atoms with Crippen LogP contribution in [0.15, 0.2) is 77.8 Å². The van der Waals surface area contributed by atoms with Gasteiger partial charge in [-0.25, -0.2) is 0 Å². The predicted octanol–water partition coefficient (Wildman–Crippen LogP) is 4.34. The Bertz CT molecular complexity index is 1100. The Kier molecular flexibility index (Phi) is 6.17. The molecule has 31 heavy (non-hydrogen) atoms. The lowest BCUT2D eigenvalue weighted by atomic mass is 9.86. The molecule has 1 unspecified atom stereocenters. The fourth-order valence-electron chi connectivity index (χ4n) is 3.93. The average molecular weight is 415 g/mol. The lowest BCUT2D eigenvalue weighted by Gasteiger charge is -2.21. The third kappa shape index (κ3) is 4.69. The lowest BCUT2D eigenvalue weighted by Crippen LogP contribution is -2.26. The molecule has 3 aromatic rings. The van der Waals surface area contributed by atoms with Crippen molar-refractivity contribution in [2.24, 2.45) is 4.99 Å². The van der Waals surface area contributed by atoms with Crippen LogP contribution in [0.5, 0.6) is 5.75 Å². The molecule has 1 atom stereocenters. The number of benzene rings is 3. The zero-order chi connectivity index (χ0) is 21.6. The Morgan fingerprint density at radius 1 is 1.13 bits per heavy atom. The SMILES string of the molecule is COc1c(-c2cccc(NC3=NCCN3)c2)cccc1C(CC(=O)O)c1ccccc1. The molecule has 0 bridgehead atoms. The highest BCUT2D eigenvalue weighted by atomic mass is 16.5. The molecule has 0 aliphatic carbocycles. The summed E-state index contributed by atoms with van der Waals surface area (Å²) in [6.07, 6.45) is -0.0169. The van der Waals surface area contributed by atoms with E-state index in [9.17, 15) is 9.90 Å². The molecule has 4 rings (SSSR count). The number of carboxylic acid groups (broad SMARTS) is 1. The van der Waals surface area contributed by atoms with Gasteiger partial charge in [-0.3, -0.25) is 9.79 Å². The summed E-state index contributed by atoms with van der Waals surface area (Å²) in [6, 6.07) is 23.6. The largest absolute Gasteiger partial charge is 0.496 e. The Balaban J connectivity index is 1.75. The van der Waals surface area contributed by atoms with Crippen molar-refractivity contribution < 1.29 is 14.6 Å². The van der Waals surface area contributed by atoms with Gasteiger partial charge >= 0.3 is 5.97 Å². The van der Waals surface area contributed by atoms with Gasteiger partial charge in [-0.1, -0.05) is 60.7 Å². The minimum Gasteiger partial charge on any atom is -0.496 e. The Labute approximate surface area is 181 Å². The van der Waals surface area contributed by atoms with Crippen LogP contribution in [0.2, 0.25) is 0 Å². The van der Waals surface area contributed by atoms with E-state index in [0.29, 0.717) is 5.75 Å². The van der Waals surface area contributed by atoms with Crippen LogP contribution < -0.4 is 15.4 Å². The highest BCUT2D eigenvalue weighted by Gasteiger charge is 2.23. The standard InChI is InChI=1S/C25H25N3O3/c1-31-24-20(18-9-5-10-19(15-18)28-25-26-13-14-27-25)11-6-12-21(24)22(16-23(29)30)17-7-3-2-4-8-17/h2-12,15,22H,13-14,16H2,1H3,(H,29,30)(H2,26,27,28). The fourth-order valence-corrected chi connectivity index (χ4v) is 3.93. The molecular weight excluding hydrogens is 390 g/mol. The number of rotatable bonds is 7. The molecule has 6 nitrogen and oxygen atoms in total. The van der Waals surface area contributed by atoms with E-state index in [1.807, 2.05) is 72.8 Å². The zero-order valence-corrected chi connectivity index (χ0v) is 17.3. The van der Waals surface area contributed by atoms with Gasteiger partial charge in [-0.2, -0.15) is 0 Å². The van der Waals surface area contributed by atoms with Gasteiger partial charge < -0.3 is 20.5 Å². The second-order valence-electron chi connectivity index (χ2n) is 7.35. The number of hydrogen-bond acceptors (Lipinski definition) is 5. The number of ether oxygens (including phenoxy) is 1. The topological polar surface area (TPSA) is 83.0 Å². The van der Waals surface area contributed by atoms with Gasteiger partial charge in [-0.15, -0.1) is 0 Å². The minimum absolute atomic E-state index is 0.0169. The third-order valence-electron chi connectivity index (χ3n) is 5.32. The zero-order valence-electron chi connectivity index (χ0n) is 17.3. The van der Waals surface area contributed by atoms with E-state index >= 15 is 0 Å². The van der Waals surface area contributed by atoms with Crippen LogP contribution in [0.3, 0.4) is 0 Å². The summed E-state index contributed by atoms with van der Waals surface area (Å²) >= 11 is 0. The molecule has 0 amide bonds. The second-order valence-corrected chi connectivity index (χ2v) is 7.35. The van der Waals surface area contributed by atoms with Crippen LogP contribution in [0.1, 0.15) is 23.5 Å². The van der Waals surface area contributed by atoms with Crippen molar-refractivity contribution in [3.63, 3.8) is 0 Å². The molecule has 0 saturated carbocycles. The Hall–Kier alpha value is -3.80. The van der Waals surface area contributed by atoms with Crippen molar-refractivity contribution in [3.8, 4) is 16.9 Å². The Morgan fingerprint density at radius 3 is 2.65 bits per heavy atom. The smallest absolute Gasteiger partial charge is 0.304 e. The van der Waals surface area contributed by atoms with Gasteiger partial charge in [0, 0.05) is 29.3 Å². The predicted molar refractivity (Wildman–Crippen MR) is 123 cm³/mol. The molecule has 0 aromatic heterocycles. The van der Waals surface area contributed by atoms with Crippen molar-refractivity contribution >= 4 is 17.6 Å². The Morgan fingerprint density at radius 2 is 1.94 bits per heavy atom. The van der Waals surface area contributed by atoms with Gasteiger partial charge in [0.25, 0.3) is 0 Å². The van der Waals surface area contributed by atoms with Crippen LogP contribution in [0.25, 0.3) is 11.1 Å². The van der Waals surface area contributed by atoms with Crippen LogP contribution in [0.4, 0.5) is 5.69 Å². The van der Waals surface area contributed by atoms with Crippen LogP contribution >= 0.6 is 0 Å². The molecular formula is C25H25N3O3. The summed E-state index contributed by atoms with van der Waals surface area (Å²) in [5, 5.41) is 16.1. The highest BCUT2D eigenvalue weighted by Crippen LogP contribution is 2.41.